The highest BCUT2D eigenvalue weighted by Gasteiger charge is 2.18. The summed E-state index contributed by atoms with van der Waals surface area (Å²) in [5.74, 6) is 1.85. The zero-order valence-corrected chi connectivity index (χ0v) is 29.5. The maximum atomic E-state index is 5.28. The first-order chi connectivity index (χ1) is 26.7. The largest absolute Gasteiger partial charge is 0.208 e. The van der Waals surface area contributed by atoms with Crippen molar-refractivity contribution >= 4 is 0 Å². The van der Waals surface area contributed by atoms with Crippen LogP contribution >= 0.6 is 0 Å². The molecule has 0 atom stereocenters. The standard InChI is InChI=1S/C51H35N3/c1-5-16-36(17-6-1)40-24-13-26-42(32-40)43-27-15-29-46(34-43)50-52-49(45-28-14-25-41(33-45)37-18-7-2-8-19-37)53-51(54-50)48-35-44(38-20-9-3-10-21-38)30-31-47(48)39-22-11-4-12-23-39/h1-35H. The van der Waals surface area contributed by atoms with Crippen molar-refractivity contribution in [1.82, 2.24) is 15.0 Å². The van der Waals surface area contributed by atoms with Crippen molar-refractivity contribution in [2.75, 3.05) is 0 Å². The van der Waals surface area contributed by atoms with Gasteiger partial charge in [0, 0.05) is 16.7 Å². The van der Waals surface area contributed by atoms with E-state index in [1.165, 1.54) is 11.1 Å². The number of hydrogen-bond donors (Lipinski definition) is 0. The van der Waals surface area contributed by atoms with Gasteiger partial charge in [-0.1, -0.05) is 188 Å². The van der Waals surface area contributed by atoms with Crippen LogP contribution in [0, 0.1) is 0 Å². The van der Waals surface area contributed by atoms with Crippen molar-refractivity contribution in [3.05, 3.63) is 212 Å². The van der Waals surface area contributed by atoms with Gasteiger partial charge >= 0.3 is 0 Å². The molecule has 54 heavy (non-hydrogen) atoms. The highest BCUT2D eigenvalue weighted by molar-refractivity contribution is 5.86. The van der Waals surface area contributed by atoms with E-state index >= 15 is 0 Å². The molecule has 0 aliphatic rings. The van der Waals surface area contributed by atoms with E-state index in [9.17, 15) is 0 Å². The zero-order chi connectivity index (χ0) is 36.1. The van der Waals surface area contributed by atoms with Crippen molar-refractivity contribution < 1.29 is 0 Å². The fraction of sp³-hybridized carbons (Fsp3) is 0. The first-order valence-corrected chi connectivity index (χ1v) is 18.2. The van der Waals surface area contributed by atoms with Crippen molar-refractivity contribution in [3.8, 4) is 89.8 Å². The van der Waals surface area contributed by atoms with Gasteiger partial charge in [0.05, 0.1) is 0 Å². The van der Waals surface area contributed by atoms with E-state index in [1.807, 2.05) is 24.3 Å². The third-order valence-corrected chi connectivity index (χ3v) is 9.74. The fourth-order valence-electron chi connectivity index (χ4n) is 6.98. The maximum Gasteiger partial charge on any atom is 0.164 e. The van der Waals surface area contributed by atoms with Gasteiger partial charge in [0.25, 0.3) is 0 Å². The monoisotopic (exact) mass is 689 g/mol. The summed E-state index contributed by atoms with van der Waals surface area (Å²) in [4.78, 5) is 15.7. The van der Waals surface area contributed by atoms with E-state index in [0.717, 1.165) is 61.2 Å². The molecule has 0 N–H and O–H groups in total. The highest BCUT2D eigenvalue weighted by atomic mass is 15.0. The summed E-state index contributed by atoms with van der Waals surface area (Å²) in [5, 5.41) is 0. The molecule has 3 heteroatoms. The Morgan fingerprint density at radius 1 is 0.185 bits per heavy atom. The van der Waals surface area contributed by atoms with Crippen molar-refractivity contribution in [2.24, 2.45) is 0 Å². The van der Waals surface area contributed by atoms with Crippen LogP contribution in [-0.2, 0) is 0 Å². The lowest BCUT2D eigenvalue weighted by molar-refractivity contribution is 1.07. The molecule has 9 rings (SSSR count). The van der Waals surface area contributed by atoms with Gasteiger partial charge in [-0.25, -0.2) is 15.0 Å². The normalized spacial score (nSPS) is 11.0. The smallest absolute Gasteiger partial charge is 0.164 e. The molecule has 8 aromatic carbocycles. The molecule has 0 saturated heterocycles. The van der Waals surface area contributed by atoms with Crippen LogP contribution in [0.5, 0.6) is 0 Å². The van der Waals surface area contributed by atoms with Crippen LogP contribution < -0.4 is 0 Å². The van der Waals surface area contributed by atoms with Gasteiger partial charge in [-0.3, -0.25) is 0 Å². The predicted octanol–water partition coefficient (Wildman–Crippen LogP) is 13.2. The third kappa shape index (κ3) is 6.87. The minimum atomic E-state index is 0.616. The van der Waals surface area contributed by atoms with E-state index in [0.29, 0.717) is 17.5 Å². The predicted molar refractivity (Wildman–Crippen MR) is 223 cm³/mol. The van der Waals surface area contributed by atoms with Crippen molar-refractivity contribution in [3.63, 3.8) is 0 Å². The summed E-state index contributed by atoms with van der Waals surface area (Å²) in [6.07, 6.45) is 0. The van der Waals surface area contributed by atoms with Crippen LogP contribution in [0.2, 0.25) is 0 Å². The van der Waals surface area contributed by atoms with Crippen LogP contribution in [0.3, 0.4) is 0 Å². The lowest BCUT2D eigenvalue weighted by Gasteiger charge is -2.15. The molecule has 0 radical (unpaired) electrons. The minimum Gasteiger partial charge on any atom is -0.208 e. The van der Waals surface area contributed by atoms with Crippen molar-refractivity contribution in [2.45, 2.75) is 0 Å². The lowest BCUT2D eigenvalue weighted by Crippen LogP contribution is -2.01. The van der Waals surface area contributed by atoms with Gasteiger partial charge in [0.1, 0.15) is 0 Å². The van der Waals surface area contributed by atoms with Crippen molar-refractivity contribution in [1.29, 1.82) is 0 Å². The second-order valence-corrected chi connectivity index (χ2v) is 13.3. The fourth-order valence-corrected chi connectivity index (χ4v) is 6.98. The van der Waals surface area contributed by atoms with Crippen LogP contribution in [0.25, 0.3) is 89.8 Å². The van der Waals surface area contributed by atoms with Gasteiger partial charge in [-0.15, -0.1) is 0 Å². The molecule has 0 aliphatic heterocycles. The Hall–Kier alpha value is -7.23. The summed E-state index contributed by atoms with van der Waals surface area (Å²) in [6, 6.07) is 74.1. The molecular weight excluding hydrogens is 655 g/mol. The van der Waals surface area contributed by atoms with E-state index in [4.69, 9.17) is 15.0 Å². The Morgan fingerprint density at radius 3 is 0.944 bits per heavy atom. The van der Waals surface area contributed by atoms with Gasteiger partial charge in [-0.05, 0) is 79.9 Å². The Bertz CT molecular complexity index is 2690. The maximum absolute atomic E-state index is 5.28. The molecule has 0 amide bonds. The van der Waals surface area contributed by atoms with Gasteiger partial charge < -0.3 is 0 Å². The van der Waals surface area contributed by atoms with Crippen LogP contribution in [0.15, 0.2) is 212 Å². The Kier molecular flexibility index (Phi) is 8.94. The molecule has 3 nitrogen and oxygen atoms in total. The SMILES string of the molecule is c1ccc(-c2cccc(-c3cccc(-c4nc(-c5cccc(-c6ccccc6)c5)nc(-c5cc(-c6ccccc6)ccc5-c5ccccc5)n4)c3)c2)cc1. The molecule has 9 aromatic rings. The lowest BCUT2D eigenvalue weighted by atomic mass is 9.94. The van der Waals surface area contributed by atoms with E-state index in [-0.39, 0.29) is 0 Å². The van der Waals surface area contributed by atoms with Crippen LogP contribution in [-0.4, -0.2) is 15.0 Å². The average molecular weight is 690 g/mol. The molecule has 0 aliphatic carbocycles. The summed E-state index contributed by atoms with van der Waals surface area (Å²) >= 11 is 0. The van der Waals surface area contributed by atoms with Gasteiger partial charge in [0.2, 0.25) is 0 Å². The molecule has 254 valence electrons. The van der Waals surface area contributed by atoms with Crippen LogP contribution in [0.4, 0.5) is 0 Å². The molecule has 1 heterocycles. The Balaban J connectivity index is 1.23. The number of hydrogen-bond acceptors (Lipinski definition) is 3. The van der Waals surface area contributed by atoms with Gasteiger partial charge in [0.15, 0.2) is 17.5 Å². The highest BCUT2D eigenvalue weighted by Crippen LogP contribution is 2.37. The number of nitrogens with zero attached hydrogens (tertiary/aromatic N) is 3. The van der Waals surface area contributed by atoms with Gasteiger partial charge in [-0.2, -0.15) is 0 Å². The molecule has 0 bridgehead atoms. The van der Waals surface area contributed by atoms with E-state index in [1.54, 1.807) is 0 Å². The number of rotatable bonds is 8. The first kappa shape index (κ1) is 32.7. The third-order valence-electron chi connectivity index (χ3n) is 9.74. The molecule has 1 aromatic heterocycles. The molecule has 0 fully saturated rings. The molecular formula is C51H35N3. The summed E-state index contributed by atoms with van der Waals surface area (Å²) in [7, 11) is 0. The molecule has 0 unspecified atom stereocenters. The summed E-state index contributed by atoms with van der Waals surface area (Å²) in [6.45, 7) is 0. The molecule has 0 spiro atoms. The van der Waals surface area contributed by atoms with E-state index in [2.05, 4.69) is 188 Å². The first-order valence-electron chi connectivity index (χ1n) is 18.2. The Labute approximate surface area is 316 Å². The topological polar surface area (TPSA) is 38.7 Å². The van der Waals surface area contributed by atoms with Crippen LogP contribution in [0.1, 0.15) is 0 Å². The summed E-state index contributed by atoms with van der Waals surface area (Å²) < 4.78 is 0. The molecule has 0 saturated carbocycles. The zero-order valence-electron chi connectivity index (χ0n) is 29.5. The second-order valence-electron chi connectivity index (χ2n) is 13.3. The number of aromatic nitrogens is 3. The number of benzene rings is 8. The summed E-state index contributed by atoms with van der Waals surface area (Å²) in [5.41, 5.74) is 14.0. The van der Waals surface area contributed by atoms with E-state index < -0.39 is 0 Å². The minimum absolute atomic E-state index is 0.616. The average Bonchev–Trinajstić information content (AvgIpc) is 3.27. The quantitative estimate of drug-likeness (QED) is 0.159. The second kappa shape index (κ2) is 14.8. The Morgan fingerprint density at radius 2 is 0.500 bits per heavy atom.